The van der Waals surface area contributed by atoms with Gasteiger partial charge in [-0.1, -0.05) is 0 Å². The number of aromatic nitrogens is 2. The monoisotopic (exact) mass is 233 g/mol. The molecular formula is C7H2F3N3O3. The summed E-state index contributed by atoms with van der Waals surface area (Å²) in [7, 11) is 0. The topological polar surface area (TPSA) is 82.1 Å². The lowest BCUT2D eigenvalue weighted by Gasteiger charge is -2.05. The Balaban J connectivity index is 2.79. The van der Waals surface area contributed by atoms with E-state index in [1.54, 1.807) is 0 Å². The highest BCUT2D eigenvalue weighted by atomic mass is 19.4. The SMILES string of the molecule is O=[N+]([O-])c1cc(C(F)(F)F)c2nonc2c1. The Morgan fingerprint density at radius 1 is 1.31 bits per heavy atom. The summed E-state index contributed by atoms with van der Waals surface area (Å²) >= 11 is 0. The van der Waals surface area contributed by atoms with Crippen molar-refractivity contribution in [2.24, 2.45) is 0 Å². The van der Waals surface area contributed by atoms with Gasteiger partial charge in [-0.05, 0) is 10.3 Å². The number of hydrogen-bond donors (Lipinski definition) is 0. The molecule has 0 N–H and O–H groups in total. The number of fused-ring (bicyclic) bond motifs is 1. The van der Waals surface area contributed by atoms with Crippen molar-refractivity contribution in [2.45, 2.75) is 6.18 Å². The molecule has 2 aromatic rings. The van der Waals surface area contributed by atoms with Gasteiger partial charge in [0, 0.05) is 12.1 Å². The van der Waals surface area contributed by atoms with Crippen molar-refractivity contribution >= 4 is 16.7 Å². The van der Waals surface area contributed by atoms with Crippen LogP contribution in [0.25, 0.3) is 11.0 Å². The Kier molecular flexibility index (Phi) is 2.04. The second-order valence-electron chi connectivity index (χ2n) is 2.88. The molecule has 84 valence electrons. The molecule has 0 unspecified atom stereocenters. The van der Waals surface area contributed by atoms with Crippen LogP contribution in [-0.4, -0.2) is 15.2 Å². The molecule has 0 atom stereocenters. The molecule has 0 aliphatic carbocycles. The Hall–Kier alpha value is -2.19. The van der Waals surface area contributed by atoms with Crippen LogP contribution in [0, 0.1) is 10.1 Å². The molecule has 0 aliphatic rings. The van der Waals surface area contributed by atoms with E-state index in [1.807, 2.05) is 0 Å². The van der Waals surface area contributed by atoms with Crippen molar-refractivity contribution in [3.63, 3.8) is 0 Å². The summed E-state index contributed by atoms with van der Waals surface area (Å²) in [5.41, 5.74) is -2.80. The Labute approximate surface area is 84.8 Å². The molecular weight excluding hydrogens is 231 g/mol. The van der Waals surface area contributed by atoms with Crippen LogP contribution in [0.4, 0.5) is 18.9 Å². The lowest BCUT2D eigenvalue weighted by molar-refractivity contribution is -0.385. The third-order valence-electron chi connectivity index (χ3n) is 1.86. The highest BCUT2D eigenvalue weighted by Crippen LogP contribution is 2.36. The van der Waals surface area contributed by atoms with Gasteiger partial charge in [0.15, 0.2) is 0 Å². The molecule has 2 rings (SSSR count). The van der Waals surface area contributed by atoms with E-state index in [9.17, 15) is 23.3 Å². The zero-order valence-corrected chi connectivity index (χ0v) is 7.35. The van der Waals surface area contributed by atoms with E-state index in [4.69, 9.17) is 0 Å². The number of hydrogen-bond acceptors (Lipinski definition) is 5. The maximum atomic E-state index is 12.5. The summed E-state index contributed by atoms with van der Waals surface area (Å²) in [5, 5.41) is 16.6. The Morgan fingerprint density at radius 2 is 2.00 bits per heavy atom. The van der Waals surface area contributed by atoms with Gasteiger partial charge in [0.1, 0.15) is 11.0 Å². The molecule has 0 spiro atoms. The largest absolute Gasteiger partial charge is 0.418 e. The van der Waals surface area contributed by atoms with Gasteiger partial charge in [0.2, 0.25) is 0 Å². The minimum Gasteiger partial charge on any atom is -0.258 e. The molecule has 6 nitrogen and oxygen atoms in total. The number of nitrogens with zero attached hydrogens (tertiary/aromatic N) is 3. The molecule has 0 aliphatic heterocycles. The average Bonchev–Trinajstić information content (AvgIpc) is 2.61. The van der Waals surface area contributed by atoms with E-state index in [0.29, 0.717) is 6.07 Å². The molecule has 16 heavy (non-hydrogen) atoms. The standard InChI is InChI=1S/C7H2F3N3O3/c8-7(9,10)4-1-3(13(14)15)2-5-6(4)12-16-11-5/h1-2H. The van der Waals surface area contributed by atoms with Gasteiger partial charge in [-0.25, -0.2) is 4.63 Å². The first-order chi connectivity index (χ1) is 7.39. The van der Waals surface area contributed by atoms with Crippen molar-refractivity contribution in [3.8, 4) is 0 Å². The number of halogens is 3. The summed E-state index contributed by atoms with van der Waals surface area (Å²) < 4.78 is 41.6. The second kappa shape index (κ2) is 3.15. The van der Waals surface area contributed by atoms with Crippen LogP contribution in [0.15, 0.2) is 16.8 Å². The van der Waals surface area contributed by atoms with Crippen LogP contribution in [-0.2, 0) is 6.18 Å². The molecule has 0 fully saturated rings. The fourth-order valence-corrected chi connectivity index (χ4v) is 1.20. The van der Waals surface area contributed by atoms with E-state index in [2.05, 4.69) is 14.9 Å². The second-order valence-corrected chi connectivity index (χ2v) is 2.88. The minimum atomic E-state index is -4.75. The van der Waals surface area contributed by atoms with Crippen molar-refractivity contribution in [1.82, 2.24) is 10.3 Å². The predicted molar refractivity (Wildman–Crippen MR) is 43.5 cm³/mol. The Bertz CT molecular complexity index is 563. The first kappa shape index (κ1) is 10.3. The average molecular weight is 233 g/mol. The summed E-state index contributed by atoms with van der Waals surface area (Å²) in [6, 6.07) is 1.26. The third kappa shape index (κ3) is 1.55. The zero-order chi connectivity index (χ0) is 11.9. The van der Waals surface area contributed by atoms with Crippen molar-refractivity contribution in [1.29, 1.82) is 0 Å². The highest BCUT2D eigenvalue weighted by Gasteiger charge is 2.36. The maximum absolute atomic E-state index is 12.5. The van der Waals surface area contributed by atoms with Crippen LogP contribution >= 0.6 is 0 Å². The van der Waals surface area contributed by atoms with E-state index < -0.39 is 27.9 Å². The number of rotatable bonds is 1. The van der Waals surface area contributed by atoms with Crippen molar-refractivity contribution < 1.29 is 22.7 Å². The minimum absolute atomic E-state index is 0.304. The number of nitro benzene ring substituents is 1. The van der Waals surface area contributed by atoms with E-state index >= 15 is 0 Å². The van der Waals surface area contributed by atoms with Crippen molar-refractivity contribution in [2.75, 3.05) is 0 Å². The predicted octanol–water partition coefficient (Wildman–Crippen LogP) is 2.15. The summed E-state index contributed by atoms with van der Waals surface area (Å²) in [6.07, 6.45) is -4.75. The zero-order valence-electron chi connectivity index (χ0n) is 7.35. The van der Waals surface area contributed by atoms with Gasteiger partial charge in [0.25, 0.3) is 5.69 Å². The quantitative estimate of drug-likeness (QED) is 0.556. The normalized spacial score (nSPS) is 11.9. The van der Waals surface area contributed by atoms with Gasteiger partial charge in [-0.15, -0.1) is 0 Å². The summed E-state index contributed by atoms with van der Waals surface area (Å²) in [6.45, 7) is 0. The van der Waals surface area contributed by atoms with E-state index in [0.717, 1.165) is 6.07 Å². The number of nitro groups is 1. The molecule has 0 amide bonds. The molecule has 0 saturated heterocycles. The van der Waals surface area contributed by atoms with Crippen LogP contribution in [0.1, 0.15) is 5.56 Å². The van der Waals surface area contributed by atoms with Crippen LogP contribution in [0.2, 0.25) is 0 Å². The van der Waals surface area contributed by atoms with Gasteiger partial charge < -0.3 is 0 Å². The molecule has 0 saturated carbocycles. The van der Waals surface area contributed by atoms with Gasteiger partial charge in [-0.3, -0.25) is 10.1 Å². The number of non-ortho nitro benzene ring substituents is 1. The molecule has 1 heterocycles. The number of benzene rings is 1. The third-order valence-corrected chi connectivity index (χ3v) is 1.86. The molecule has 1 aromatic carbocycles. The molecule has 0 bridgehead atoms. The highest BCUT2D eigenvalue weighted by molar-refractivity contribution is 5.80. The number of alkyl halides is 3. The molecule has 9 heteroatoms. The van der Waals surface area contributed by atoms with Crippen molar-refractivity contribution in [3.05, 3.63) is 27.8 Å². The lowest BCUT2D eigenvalue weighted by atomic mass is 10.1. The summed E-state index contributed by atoms with van der Waals surface area (Å²) in [4.78, 5) is 9.46. The van der Waals surface area contributed by atoms with Gasteiger partial charge in [0.05, 0.1) is 10.5 Å². The van der Waals surface area contributed by atoms with Crippen LogP contribution < -0.4 is 0 Å². The van der Waals surface area contributed by atoms with E-state index in [-0.39, 0.29) is 5.52 Å². The first-order valence-corrected chi connectivity index (χ1v) is 3.87. The molecule has 1 aromatic heterocycles. The lowest BCUT2D eigenvalue weighted by Crippen LogP contribution is -2.06. The first-order valence-electron chi connectivity index (χ1n) is 3.87. The Morgan fingerprint density at radius 3 is 2.56 bits per heavy atom. The fourth-order valence-electron chi connectivity index (χ4n) is 1.20. The van der Waals surface area contributed by atoms with Crippen LogP contribution in [0.5, 0.6) is 0 Å². The van der Waals surface area contributed by atoms with Gasteiger partial charge in [-0.2, -0.15) is 13.2 Å². The summed E-state index contributed by atoms with van der Waals surface area (Å²) in [5.74, 6) is 0. The van der Waals surface area contributed by atoms with Crippen LogP contribution in [0.3, 0.4) is 0 Å². The molecule has 0 radical (unpaired) electrons. The smallest absolute Gasteiger partial charge is 0.258 e. The maximum Gasteiger partial charge on any atom is 0.418 e. The fraction of sp³-hybridized carbons (Fsp3) is 0.143. The van der Waals surface area contributed by atoms with E-state index in [1.165, 1.54) is 0 Å². The van der Waals surface area contributed by atoms with Gasteiger partial charge >= 0.3 is 6.18 Å².